The quantitative estimate of drug-likeness (QED) is 0.852. The predicted octanol–water partition coefficient (Wildman–Crippen LogP) is 1.34. The average Bonchev–Trinajstić information content (AvgIpc) is 3.40. The Morgan fingerprint density at radius 3 is 2.65 bits per heavy atom. The Kier molecular flexibility index (Phi) is 3.21. The smallest absolute Gasteiger partial charge is 0.249 e. The van der Waals surface area contributed by atoms with Crippen LogP contribution in [-0.4, -0.2) is 34.7 Å². The third-order valence-corrected chi connectivity index (χ3v) is 4.86. The number of nitrogens with zero attached hydrogens (tertiary/aromatic N) is 1. The summed E-state index contributed by atoms with van der Waals surface area (Å²) in [6.07, 6.45) is 2.48. The van der Waals surface area contributed by atoms with Crippen molar-refractivity contribution in [3.05, 3.63) is 35.6 Å². The van der Waals surface area contributed by atoms with Crippen LogP contribution in [0.1, 0.15) is 37.2 Å². The van der Waals surface area contributed by atoms with Gasteiger partial charge >= 0.3 is 0 Å². The molecule has 1 aromatic carbocycles. The monoisotopic (exact) mass is 316 g/mol. The van der Waals surface area contributed by atoms with Gasteiger partial charge in [-0.1, -0.05) is 12.1 Å². The molecule has 2 aliphatic carbocycles. The maximum absolute atomic E-state index is 13.3. The molecule has 0 spiro atoms. The van der Waals surface area contributed by atoms with Crippen LogP contribution in [0, 0.1) is 11.7 Å². The highest BCUT2D eigenvalue weighted by atomic mass is 19.1. The average molecular weight is 316 g/mol. The van der Waals surface area contributed by atoms with E-state index in [1.807, 2.05) is 6.07 Å². The zero-order valence-electron chi connectivity index (χ0n) is 12.5. The fourth-order valence-corrected chi connectivity index (χ4v) is 3.47. The van der Waals surface area contributed by atoms with Crippen molar-refractivity contribution in [2.75, 3.05) is 0 Å². The van der Waals surface area contributed by atoms with E-state index in [9.17, 15) is 18.8 Å². The van der Waals surface area contributed by atoms with Gasteiger partial charge in [-0.2, -0.15) is 0 Å². The molecule has 0 aromatic heterocycles. The van der Waals surface area contributed by atoms with Crippen LogP contribution in [0.3, 0.4) is 0 Å². The van der Waals surface area contributed by atoms with E-state index in [1.54, 1.807) is 11.0 Å². The van der Waals surface area contributed by atoms with Crippen LogP contribution in [0.2, 0.25) is 0 Å². The molecule has 4 rings (SSSR count). The SMILES string of the molecule is O=C1C[C@H](N(C(=O)[C@H]2C[C@H]2c2cccc(F)c2)C2CC2)C(=O)N1. The number of hydrogen-bond acceptors (Lipinski definition) is 3. The van der Waals surface area contributed by atoms with Crippen molar-refractivity contribution in [3.8, 4) is 0 Å². The maximum Gasteiger partial charge on any atom is 0.249 e. The first kappa shape index (κ1) is 14.4. The number of halogens is 1. The van der Waals surface area contributed by atoms with Crippen molar-refractivity contribution in [2.24, 2.45) is 5.92 Å². The van der Waals surface area contributed by atoms with E-state index in [1.165, 1.54) is 12.1 Å². The summed E-state index contributed by atoms with van der Waals surface area (Å²) in [6.45, 7) is 0. The van der Waals surface area contributed by atoms with E-state index >= 15 is 0 Å². The van der Waals surface area contributed by atoms with Crippen LogP contribution in [0.5, 0.6) is 0 Å². The van der Waals surface area contributed by atoms with Gasteiger partial charge < -0.3 is 4.90 Å². The van der Waals surface area contributed by atoms with E-state index in [0.717, 1.165) is 18.4 Å². The number of amides is 3. The summed E-state index contributed by atoms with van der Waals surface area (Å²) in [5.74, 6) is -1.27. The van der Waals surface area contributed by atoms with Gasteiger partial charge in [-0.25, -0.2) is 4.39 Å². The Morgan fingerprint density at radius 2 is 2.04 bits per heavy atom. The molecule has 120 valence electrons. The molecule has 1 N–H and O–H groups in total. The summed E-state index contributed by atoms with van der Waals surface area (Å²) in [7, 11) is 0. The van der Waals surface area contributed by atoms with Gasteiger partial charge in [-0.15, -0.1) is 0 Å². The second-order valence-corrected chi connectivity index (χ2v) is 6.61. The van der Waals surface area contributed by atoms with Gasteiger partial charge in [0, 0.05) is 12.0 Å². The molecule has 6 heteroatoms. The van der Waals surface area contributed by atoms with Crippen molar-refractivity contribution >= 4 is 17.7 Å². The molecule has 3 fully saturated rings. The summed E-state index contributed by atoms with van der Waals surface area (Å²) in [4.78, 5) is 37.8. The Bertz CT molecular complexity index is 701. The minimum absolute atomic E-state index is 0.0135. The van der Waals surface area contributed by atoms with Gasteiger partial charge in [0.15, 0.2) is 0 Å². The first-order valence-corrected chi connectivity index (χ1v) is 7.96. The number of hydrogen-bond donors (Lipinski definition) is 1. The molecule has 23 heavy (non-hydrogen) atoms. The lowest BCUT2D eigenvalue weighted by molar-refractivity contribution is -0.140. The van der Waals surface area contributed by atoms with Crippen molar-refractivity contribution in [2.45, 2.75) is 43.7 Å². The van der Waals surface area contributed by atoms with E-state index < -0.39 is 6.04 Å². The Labute approximate surface area is 132 Å². The highest BCUT2D eigenvalue weighted by Gasteiger charge is 2.52. The highest BCUT2D eigenvalue weighted by molar-refractivity contribution is 6.07. The van der Waals surface area contributed by atoms with Crippen LogP contribution in [0.25, 0.3) is 0 Å². The molecule has 3 amide bonds. The Balaban J connectivity index is 1.51. The molecular formula is C17H17FN2O3. The van der Waals surface area contributed by atoms with Gasteiger partial charge in [0.2, 0.25) is 17.7 Å². The lowest BCUT2D eigenvalue weighted by Crippen LogP contribution is -2.46. The largest absolute Gasteiger partial charge is 0.327 e. The van der Waals surface area contributed by atoms with Crippen LogP contribution in [-0.2, 0) is 14.4 Å². The normalized spacial score (nSPS) is 29.3. The maximum atomic E-state index is 13.3. The zero-order valence-corrected chi connectivity index (χ0v) is 12.5. The molecule has 0 bridgehead atoms. The van der Waals surface area contributed by atoms with Crippen LogP contribution >= 0.6 is 0 Å². The third kappa shape index (κ3) is 2.62. The molecule has 5 nitrogen and oxygen atoms in total. The summed E-state index contributed by atoms with van der Waals surface area (Å²) >= 11 is 0. The summed E-state index contributed by atoms with van der Waals surface area (Å²) in [5.41, 5.74) is 0.825. The fourth-order valence-electron chi connectivity index (χ4n) is 3.47. The number of nitrogens with one attached hydrogen (secondary N) is 1. The number of benzene rings is 1. The van der Waals surface area contributed by atoms with Crippen LogP contribution in [0.4, 0.5) is 4.39 Å². The minimum Gasteiger partial charge on any atom is -0.327 e. The van der Waals surface area contributed by atoms with Crippen molar-refractivity contribution in [1.29, 1.82) is 0 Å². The van der Waals surface area contributed by atoms with E-state index in [0.29, 0.717) is 6.42 Å². The number of carbonyl (C=O) groups is 3. The van der Waals surface area contributed by atoms with E-state index in [-0.39, 0.29) is 47.8 Å². The molecule has 0 unspecified atom stereocenters. The molecule has 1 heterocycles. The van der Waals surface area contributed by atoms with Gasteiger partial charge in [-0.05, 0) is 42.9 Å². The lowest BCUT2D eigenvalue weighted by atomic mass is 10.1. The molecule has 1 saturated heterocycles. The van der Waals surface area contributed by atoms with Crippen LogP contribution in [0.15, 0.2) is 24.3 Å². The predicted molar refractivity (Wildman–Crippen MR) is 78.7 cm³/mol. The van der Waals surface area contributed by atoms with Gasteiger partial charge in [0.25, 0.3) is 0 Å². The Morgan fingerprint density at radius 1 is 1.26 bits per heavy atom. The third-order valence-electron chi connectivity index (χ3n) is 4.86. The van der Waals surface area contributed by atoms with E-state index in [4.69, 9.17) is 0 Å². The summed E-state index contributed by atoms with van der Waals surface area (Å²) < 4.78 is 13.3. The standard InChI is InChI=1S/C17H17FN2O3/c18-10-3-1-2-9(6-10)12-7-13(12)17(23)20(11-4-5-11)14-8-15(21)19-16(14)22/h1-3,6,11-14H,4-5,7-8H2,(H,19,21,22)/t12-,13-,14-/m0/s1. The minimum atomic E-state index is -0.670. The van der Waals surface area contributed by atoms with Gasteiger partial charge in [0.1, 0.15) is 11.9 Å². The topological polar surface area (TPSA) is 66.5 Å². The van der Waals surface area contributed by atoms with Crippen molar-refractivity contribution in [3.63, 3.8) is 0 Å². The molecule has 3 atom stereocenters. The second-order valence-electron chi connectivity index (χ2n) is 6.61. The number of rotatable bonds is 4. The van der Waals surface area contributed by atoms with Crippen LogP contribution < -0.4 is 5.32 Å². The van der Waals surface area contributed by atoms with Gasteiger partial charge in [0.05, 0.1) is 6.42 Å². The summed E-state index contributed by atoms with van der Waals surface area (Å²) in [5, 5.41) is 2.27. The number of imide groups is 1. The van der Waals surface area contributed by atoms with E-state index in [2.05, 4.69) is 5.32 Å². The van der Waals surface area contributed by atoms with Crippen molar-refractivity contribution < 1.29 is 18.8 Å². The molecular weight excluding hydrogens is 299 g/mol. The molecule has 1 aromatic rings. The van der Waals surface area contributed by atoms with Crippen molar-refractivity contribution in [1.82, 2.24) is 10.2 Å². The highest BCUT2D eigenvalue weighted by Crippen LogP contribution is 2.50. The molecule has 3 aliphatic rings. The molecule has 2 saturated carbocycles. The first-order valence-electron chi connectivity index (χ1n) is 7.96. The zero-order chi connectivity index (χ0) is 16.1. The lowest BCUT2D eigenvalue weighted by Gasteiger charge is -2.27. The molecule has 0 radical (unpaired) electrons. The Hall–Kier alpha value is -2.24. The second kappa shape index (κ2) is 5.15. The fraction of sp³-hybridized carbons (Fsp3) is 0.471. The first-order chi connectivity index (χ1) is 11.0. The van der Waals surface area contributed by atoms with Gasteiger partial charge in [-0.3, -0.25) is 19.7 Å². The number of carbonyl (C=O) groups excluding carboxylic acids is 3. The summed E-state index contributed by atoms with van der Waals surface area (Å²) in [6, 6.07) is 5.72. The molecule has 1 aliphatic heterocycles.